The van der Waals surface area contributed by atoms with Crippen molar-refractivity contribution in [2.45, 2.75) is 52.9 Å². The Bertz CT molecular complexity index is 564. The van der Waals surface area contributed by atoms with E-state index < -0.39 is 0 Å². The van der Waals surface area contributed by atoms with Crippen LogP contribution in [0.15, 0.2) is 0 Å². The third-order valence-corrected chi connectivity index (χ3v) is 4.23. The summed E-state index contributed by atoms with van der Waals surface area (Å²) in [5, 5.41) is 14.3. The summed E-state index contributed by atoms with van der Waals surface area (Å²) in [6.07, 6.45) is 2.08. The van der Waals surface area contributed by atoms with Gasteiger partial charge in [0.25, 0.3) is 0 Å². The number of hydrogen-bond acceptors (Lipinski definition) is 5. The minimum absolute atomic E-state index is 0.0457. The lowest BCUT2D eigenvalue weighted by atomic mass is 9.94. The molecule has 2 aromatic heterocycles. The predicted octanol–water partition coefficient (Wildman–Crippen LogP) is 2.65. The monoisotopic (exact) mass is 295 g/mol. The maximum atomic E-state index is 5.88. The highest BCUT2D eigenvalue weighted by Gasteiger charge is 2.23. The molecule has 112 valence electrons. The fourth-order valence-corrected chi connectivity index (χ4v) is 3.33. The summed E-state index contributed by atoms with van der Waals surface area (Å²) in [5.41, 5.74) is 5.83. The molecule has 0 spiro atoms. The van der Waals surface area contributed by atoms with Crippen molar-refractivity contribution in [1.29, 1.82) is 0 Å². The van der Waals surface area contributed by atoms with Crippen molar-refractivity contribution in [3.63, 3.8) is 0 Å². The average Bonchev–Trinajstić information content (AvgIpc) is 2.84. The van der Waals surface area contributed by atoms with Crippen LogP contribution < -0.4 is 5.73 Å². The minimum Gasteiger partial charge on any atom is -0.330 e. The quantitative estimate of drug-likeness (QED) is 0.920. The molecule has 0 fully saturated rings. The number of nitrogens with two attached hydrogens (primary N) is 1. The Morgan fingerprint density at radius 3 is 2.50 bits per heavy atom. The lowest BCUT2D eigenvalue weighted by Gasteiger charge is -2.15. The van der Waals surface area contributed by atoms with Gasteiger partial charge in [-0.25, -0.2) is 0 Å². The number of hydrogen-bond donors (Lipinski definition) is 1. The molecule has 6 heteroatoms. The maximum Gasteiger partial charge on any atom is 0.234 e. The number of fused-ring (bicyclic) bond motifs is 1. The largest absolute Gasteiger partial charge is 0.330 e. The first kappa shape index (κ1) is 15.4. The van der Waals surface area contributed by atoms with E-state index in [-0.39, 0.29) is 5.41 Å². The summed E-state index contributed by atoms with van der Waals surface area (Å²) in [7, 11) is 0. The third-order valence-electron chi connectivity index (χ3n) is 3.30. The fraction of sp³-hybridized carbons (Fsp3) is 0.786. The Balaban J connectivity index is 2.22. The molecule has 2 N–H and O–H groups in total. The van der Waals surface area contributed by atoms with Crippen molar-refractivity contribution < 1.29 is 0 Å². The highest BCUT2D eigenvalue weighted by Crippen LogP contribution is 2.25. The summed E-state index contributed by atoms with van der Waals surface area (Å²) in [4.78, 5) is 0.880. The zero-order valence-electron chi connectivity index (χ0n) is 13.1. The molecule has 2 aromatic rings. The lowest BCUT2D eigenvalue weighted by Crippen LogP contribution is -2.19. The standard InChI is InChI=1S/C14H25N5S/c1-9(2)6-10(8-15)7-11-18-19-12(14(3,4)5)16-17-13(19)20-11/h9-10H,6-8,15H2,1-5H3. The van der Waals surface area contributed by atoms with Crippen LogP contribution in [0.2, 0.25) is 0 Å². The molecule has 0 aliphatic heterocycles. The van der Waals surface area contributed by atoms with Crippen LogP contribution >= 0.6 is 11.3 Å². The van der Waals surface area contributed by atoms with Gasteiger partial charge in [0.2, 0.25) is 4.96 Å². The number of nitrogens with zero attached hydrogens (tertiary/aromatic N) is 4. The average molecular weight is 295 g/mol. The number of rotatable bonds is 5. The molecule has 2 heterocycles. The Labute approximate surface area is 124 Å². The topological polar surface area (TPSA) is 69.1 Å². The van der Waals surface area contributed by atoms with E-state index in [0.717, 1.165) is 28.6 Å². The van der Waals surface area contributed by atoms with Crippen LogP contribution in [0, 0.1) is 11.8 Å². The zero-order chi connectivity index (χ0) is 14.9. The van der Waals surface area contributed by atoms with Crippen LogP contribution in [0.3, 0.4) is 0 Å². The SMILES string of the molecule is CC(C)CC(CN)Cc1nn2c(C(C)(C)C)nnc2s1. The van der Waals surface area contributed by atoms with Crippen molar-refractivity contribution in [2.75, 3.05) is 6.54 Å². The van der Waals surface area contributed by atoms with Gasteiger partial charge in [0, 0.05) is 11.8 Å². The predicted molar refractivity (Wildman–Crippen MR) is 83.1 cm³/mol. The molecule has 0 saturated heterocycles. The van der Waals surface area contributed by atoms with Gasteiger partial charge in [-0.3, -0.25) is 0 Å². The molecule has 0 aromatic carbocycles. The van der Waals surface area contributed by atoms with E-state index in [1.165, 1.54) is 0 Å². The van der Waals surface area contributed by atoms with Gasteiger partial charge in [-0.05, 0) is 24.8 Å². The first-order valence-corrected chi connectivity index (χ1v) is 8.04. The molecular formula is C14H25N5S. The molecule has 0 saturated carbocycles. The van der Waals surface area contributed by atoms with E-state index in [1.54, 1.807) is 11.3 Å². The molecule has 2 rings (SSSR count). The smallest absolute Gasteiger partial charge is 0.234 e. The van der Waals surface area contributed by atoms with Gasteiger partial charge in [-0.2, -0.15) is 9.61 Å². The van der Waals surface area contributed by atoms with Gasteiger partial charge in [0.05, 0.1) is 0 Å². The Morgan fingerprint density at radius 1 is 1.25 bits per heavy atom. The second-order valence-electron chi connectivity index (χ2n) is 6.90. The molecule has 0 bridgehead atoms. The molecule has 0 amide bonds. The van der Waals surface area contributed by atoms with Crippen LogP contribution in [0.1, 0.15) is 51.9 Å². The van der Waals surface area contributed by atoms with E-state index in [9.17, 15) is 0 Å². The van der Waals surface area contributed by atoms with Crippen LogP contribution in [0.5, 0.6) is 0 Å². The van der Waals surface area contributed by atoms with Gasteiger partial charge in [0.1, 0.15) is 5.01 Å². The Kier molecular flexibility index (Phi) is 4.44. The van der Waals surface area contributed by atoms with Gasteiger partial charge in [0.15, 0.2) is 5.82 Å². The fourth-order valence-electron chi connectivity index (χ4n) is 2.38. The van der Waals surface area contributed by atoms with Crippen LogP contribution in [0.4, 0.5) is 0 Å². The minimum atomic E-state index is -0.0457. The summed E-state index contributed by atoms with van der Waals surface area (Å²) in [6.45, 7) is 11.6. The van der Waals surface area contributed by atoms with Crippen LogP contribution in [0.25, 0.3) is 4.96 Å². The van der Waals surface area contributed by atoms with Crippen molar-refractivity contribution in [1.82, 2.24) is 19.8 Å². The normalized spacial score (nSPS) is 14.3. The van der Waals surface area contributed by atoms with Gasteiger partial charge < -0.3 is 5.73 Å². The second kappa shape index (κ2) is 5.77. The Morgan fingerprint density at radius 2 is 1.95 bits per heavy atom. The van der Waals surface area contributed by atoms with Crippen molar-refractivity contribution >= 4 is 16.3 Å². The van der Waals surface area contributed by atoms with Gasteiger partial charge in [-0.1, -0.05) is 46.0 Å². The first-order chi connectivity index (χ1) is 9.31. The van der Waals surface area contributed by atoms with Crippen molar-refractivity contribution in [3.05, 3.63) is 10.8 Å². The van der Waals surface area contributed by atoms with E-state index in [4.69, 9.17) is 5.73 Å². The maximum absolute atomic E-state index is 5.88. The lowest BCUT2D eigenvalue weighted by molar-refractivity contribution is 0.413. The van der Waals surface area contributed by atoms with E-state index in [0.29, 0.717) is 18.4 Å². The first-order valence-electron chi connectivity index (χ1n) is 7.23. The molecule has 0 aliphatic carbocycles. The van der Waals surface area contributed by atoms with Crippen molar-refractivity contribution in [2.24, 2.45) is 17.6 Å². The summed E-state index contributed by atoms with van der Waals surface area (Å²) < 4.78 is 1.89. The Hall–Kier alpha value is -1.01. The van der Waals surface area contributed by atoms with Crippen molar-refractivity contribution in [3.8, 4) is 0 Å². The third kappa shape index (κ3) is 3.35. The molecule has 5 nitrogen and oxygen atoms in total. The molecule has 0 radical (unpaired) electrons. The van der Waals surface area contributed by atoms with Crippen LogP contribution in [-0.4, -0.2) is 26.4 Å². The van der Waals surface area contributed by atoms with E-state index >= 15 is 0 Å². The number of aromatic nitrogens is 4. The molecule has 0 aliphatic rings. The van der Waals surface area contributed by atoms with Crippen LogP contribution in [-0.2, 0) is 11.8 Å². The molecule has 1 unspecified atom stereocenters. The summed E-state index contributed by atoms with van der Waals surface area (Å²) >= 11 is 1.63. The highest BCUT2D eigenvalue weighted by molar-refractivity contribution is 7.16. The molecule has 20 heavy (non-hydrogen) atoms. The van der Waals surface area contributed by atoms with Gasteiger partial charge in [-0.15, -0.1) is 10.2 Å². The second-order valence-corrected chi connectivity index (χ2v) is 7.94. The van der Waals surface area contributed by atoms with Gasteiger partial charge >= 0.3 is 0 Å². The zero-order valence-corrected chi connectivity index (χ0v) is 13.9. The van der Waals surface area contributed by atoms with E-state index in [1.807, 2.05) is 4.52 Å². The highest BCUT2D eigenvalue weighted by atomic mass is 32.1. The molecule has 1 atom stereocenters. The summed E-state index contributed by atoms with van der Waals surface area (Å²) in [6, 6.07) is 0. The molecular weight excluding hydrogens is 270 g/mol. The summed E-state index contributed by atoms with van der Waals surface area (Å²) in [5.74, 6) is 2.08. The van der Waals surface area contributed by atoms with E-state index in [2.05, 4.69) is 49.9 Å².